The smallest absolute Gasteiger partial charge is 0.328 e. The van der Waals surface area contributed by atoms with Gasteiger partial charge in [0.15, 0.2) is 0 Å². The first kappa shape index (κ1) is 14.6. The van der Waals surface area contributed by atoms with Crippen molar-refractivity contribution in [3.63, 3.8) is 0 Å². The molecular weight excluding hydrogens is 321 g/mol. The maximum absolute atomic E-state index is 12.4. The Labute approximate surface area is 140 Å². The molecule has 2 saturated carbocycles. The Bertz CT molecular complexity index is 633. The maximum Gasteiger partial charge on any atom is 0.328 e. The summed E-state index contributed by atoms with van der Waals surface area (Å²) < 4.78 is 5.31. The van der Waals surface area contributed by atoms with Gasteiger partial charge in [0.25, 0.3) is 0 Å². The molecule has 0 amide bonds. The Morgan fingerprint density at radius 2 is 2.09 bits per heavy atom. The second kappa shape index (κ2) is 5.31. The van der Waals surface area contributed by atoms with Gasteiger partial charge in [0.2, 0.25) is 0 Å². The molecule has 4 rings (SSSR count). The van der Waals surface area contributed by atoms with Crippen LogP contribution in [0.1, 0.15) is 37.7 Å². The summed E-state index contributed by atoms with van der Waals surface area (Å²) >= 11 is 12.7. The number of anilines is 1. The number of rotatable bonds is 2. The largest absolute Gasteiger partial charge is 0.464 e. The molecule has 1 aliphatic heterocycles. The molecule has 1 heterocycles. The molecule has 1 N–H and O–H groups in total. The number of halogens is 2. The lowest BCUT2D eigenvalue weighted by Gasteiger charge is -2.42. The van der Waals surface area contributed by atoms with E-state index in [-0.39, 0.29) is 12.0 Å². The van der Waals surface area contributed by atoms with Crippen LogP contribution in [0, 0.1) is 17.8 Å². The molecule has 22 heavy (non-hydrogen) atoms. The first-order chi connectivity index (χ1) is 10.6. The van der Waals surface area contributed by atoms with Crippen molar-refractivity contribution in [1.82, 2.24) is 0 Å². The summed E-state index contributed by atoms with van der Waals surface area (Å²) in [5.74, 6) is 1.73. The molecule has 2 fully saturated rings. The van der Waals surface area contributed by atoms with Crippen molar-refractivity contribution in [3.05, 3.63) is 27.7 Å². The van der Waals surface area contributed by atoms with Gasteiger partial charge in [0.05, 0.1) is 6.61 Å². The number of benzene rings is 1. The van der Waals surface area contributed by atoms with Crippen molar-refractivity contribution in [2.24, 2.45) is 17.8 Å². The lowest BCUT2D eigenvalue weighted by molar-refractivity contribution is -0.146. The zero-order chi connectivity index (χ0) is 15.4. The van der Waals surface area contributed by atoms with Crippen LogP contribution >= 0.6 is 23.2 Å². The molecule has 2 bridgehead atoms. The molecule has 0 aromatic heterocycles. The van der Waals surface area contributed by atoms with Crippen molar-refractivity contribution in [2.45, 2.75) is 38.1 Å². The van der Waals surface area contributed by atoms with Crippen LogP contribution < -0.4 is 5.32 Å². The van der Waals surface area contributed by atoms with Crippen LogP contribution in [0.15, 0.2) is 12.1 Å². The average Bonchev–Trinajstić information content (AvgIpc) is 3.07. The van der Waals surface area contributed by atoms with Gasteiger partial charge in [-0.25, -0.2) is 4.79 Å². The first-order valence-electron chi connectivity index (χ1n) is 8.02. The lowest BCUT2D eigenvalue weighted by Crippen LogP contribution is -2.46. The first-order valence-corrected chi connectivity index (χ1v) is 8.77. The van der Waals surface area contributed by atoms with Gasteiger partial charge in [-0.2, -0.15) is 0 Å². The predicted molar refractivity (Wildman–Crippen MR) is 87.6 cm³/mol. The zero-order valence-electron chi connectivity index (χ0n) is 12.4. The molecule has 1 aromatic carbocycles. The average molecular weight is 340 g/mol. The third kappa shape index (κ3) is 2.05. The molecular formula is C17H19Cl2NO2. The normalized spacial score (nSPS) is 34.8. The van der Waals surface area contributed by atoms with Crippen molar-refractivity contribution in [1.29, 1.82) is 0 Å². The molecule has 0 spiro atoms. The summed E-state index contributed by atoms with van der Waals surface area (Å²) in [5.41, 5.74) is 2.06. The Morgan fingerprint density at radius 1 is 1.32 bits per heavy atom. The second-order valence-electron chi connectivity index (χ2n) is 6.66. The monoisotopic (exact) mass is 339 g/mol. The fourth-order valence-electron chi connectivity index (χ4n) is 5.00. The molecule has 5 unspecified atom stereocenters. The van der Waals surface area contributed by atoms with E-state index in [4.69, 9.17) is 27.9 Å². The van der Waals surface area contributed by atoms with Crippen LogP contribution in [-0.4, -0.2) is 18.6 Å². The zero-order valence-corrected chi connectivity index (χ0v) is 14.0. The third-order valence-electron chi connectivity index (χ3n) is 5.64. The Balaban J connectivity index is 1.81. The summed E-state index contributed by atoms with van der Waals surface area (Å²) in [6, 6.07) is 3.43. The van der Waals surface area contributed by atoms with Crippen LogP contribution in [0.3, 0.4) is 0 Å². The fraction of sp³-hybridized carbons (Fsp3) is 0.588. The Kier molecular flexibility index (Phi) is 3.54. The molecule has 5 heteroatoms. The van der Waals surface area contributed by atoms with E-state index < -0.39 is 0 Å². The molecule has 3 aliphatic rings. The van der Waals surface area contributed by atoms with E-state index in [1.807, 2.05) is 19.1 Å². The van der Waals surface area contributed by atoms with Crippen LogP contribution in [0.25, 0.3) is 0 Å². The van der Waals surface area contributed by atoms with E-state index in [1.54, 1.807) is 0 Å². The van der Waals surface area contributed by atoms with Gasteiger partial charge in [0, 0.05) is 15.7 Å². The van der Waals surface area contributed by atoms with Crippen molar-refractivity contribution >= 4 is 34.9 Å². The highest BCUT2D eigenvalue weighted by Gasteiger charge is 2.56. The standard InChI is InChI=1S/C17H19Cl2NO2/c1-2-22-17(21)16-14-9-4-3-8(5-9)13(14)15-11(19)6-10(18)7-12(15)20-16/h6-9,13-14,16,20H,2-5H2,1H3. The number of hydrogen-bond donors (Lipinski definition) is 1. The molecule has 1 aromatic rings. The van der Waals surface area contributed by atoms with E-state index in [1.165, 1.54) is 19.3 Å². The van der Waals surface area contributed by atoms with Gasteiger partial charge < -0.3 is 10.1 Å². The summed E-state index contributed by atoms with van der Waals surface area (Å²) in [4.78, 5) is 12.4. The number of esters is 1. The van der Waals surface area contributed by atoms with Crippen molar-refractivity contribution in [3.8, 4) is 0 Å². The minimum absolute atomic E-state index is 0.146. The predicted octanol–water partition coefficient (Wildman–Crippen LogP) is 4.48. The van der Waals surface area contributed by atoms with E-state index in [2.05, 4.69) is 5.32 Å². The van der Waals surface area contributed by atoms with Gasteiger partial charge in [-0.1, -0.05) is 23.2 Å². The number of carbonyl (C=O) groups excluding carboxylic acids is 1. The number of carbonyl (C=O) groups is 1. The molecule has 0 saturated heterocycles. The quantitative estimate of drug-likeness (QED) is 0.807. The van der Waals surface area contributed by atoms with Gasteiger partial charge in [-0.3, -0.25) is 0 Å². The summed E-state index contributed by atoms with van der Waals surface area (Å²) in [5, 5.41) is 4.70. The van der Waals surface area contributed by atoms with Crippen LogP contribution in [0.2, 0.25) is 10.0 Å². The SMILES string of the molecule is CCOC(=O)C1Nc2cc(Cl)cc(Cl)c2C2C3CCC(C3)C12. The third-order valence-corrected chi connectivity index (χ3v) is 6.18. The van der Waals surface area contributed by atoms with E-state index in [9.17, 15) is 4.79 Å². The van der Waals surface area contributed by atoms with Crippen LogP contribution in [0.5, 0.6) is 0 Å². The van der Waals surface area contributed by atoms with Gasteiger partial charge in [0.1, 0.15) is 6.04 Å². The van der Waals surface area contributed by atoms with Gasteiger partial charge in [-0.05, 0) is 67.6 Å². The maximum atomic E-state index is 12.4. The highest BCUT2D eigenvalue weighted by atomic mass is 35.5. The van der Waals surface area contributed by atoms with E-state index in [0.29, 0.717) is 35.3 Å². The minimum Gasteiger partial charge on any atom is -0.464 e. The number of hydrogen-bond acceptors (Lipinski definition) is 3. The molecule has 2 aliphatic carbocycles. The van der Waals surface area contributed by atoms with E-state index >= 15 is 0 Å². The molecule has 118 valence electrons. The molecule has 0 radical (unpaired) electrons. The topological polar surface area (TPSA) is 38.3 Å². The fourth-order valence-corrected chi connectivity index (χ4v) is 5.62. The summed E-state index contributed by atoms with van der Waals surface area (Å²) in [6.07, 6.45) is 3.65. The number of fused-ring (bicyclic) bond motifs is 7. The molecule has 5 atom stereocenters. The van der Waals surface area contributed by atoms with Gasteiger partial charge >= 0.3 is 5.97 Å². The summed E-state index contributed by atoms with van der Waals surface area (Å²) in [7, 11) is 0. The van der Waals surface area contributed by atoms with Crippen molar-refractivity contribution in [2.75, 3.05) is 11.9 Å². The Morgan fingerprint density at radius 3 is 2.86 bits per heavy atom. The van der Waals surface area contributed by atoms with Gasteiger partial charge in [-0.15, -0.1) is 0 Å². The number of nitrogens with one attached hydrogen (secondary N) is 1. The van der Waals surface area contributed by atoms with Crippen molar-refractivity contribution < 1.29 is 9.53 Å². The minimum atomic E-state index is -0.276. The van der Waals surface area contributed by atoms with Crippen LogP contribution in [-0.2, 0) is 9.53 Å². The van der Waals surface area contributed by atoms with Crippen LogP contribution in [0.4, 0.5) is 5.69 Å². The summed E-state index contributed by atoms with van der Waals surface area (Å²) in [6.45, 7) is 2.26. The lowest BCUT2D eigenvalue weighted by atomic mass is 9.69. The number of ether oxygens (including phenoxy) is 1. The Hall–Kier alpha value is -0.930. The highest BCUT2D eigenvalue weighted by Crippen LogP contribution is 2.62. The van der Waals surface area contributed by atoms with E-state index in [0.717, 1.165) is 16.3 Å². The molecule has 3 nitrogen and oxygen atoms in total. The second-order valence-corrected chi connectivity index (χ2v) is 7.50. The highest BCUT2D eigenvalue weighted by molar-refractivity contribution is 6.35.